The fourth-order valence-electron chi connectivity index (χ4n) is 2.96. The average molecular weight is 391 g/mol. The standard InChI is InChI=1S/C20H20ClFN2O3/c1-2-27-16-8-5-14(6-9-16)20(26)24(13-23-11-3-4-19(23)25)15-7-10-18(22)17(21)12-15/h5-10,12H,2-4,11,13H2,1H3. The molecule has 0 saturated carbocycles. The summed E-state index contributed by atoms with van der Waals surface area (Å²) in [4.78, 5) is 28.2. The summed E-state index contributed by atoms with van der Waals surface area (Å²) in [5.74, 6) is -0.209. The number of ether oxygens (including phenoxy) is 1. The van der Waals surface area contributed by atoms with Crippen LogP contribution in [0.5, 0.6) is 5.75 Å². The van der Waals surface area contributed by atoms with Crippen LogP contribution in [0.25, 0.3) is 0 Å². The Bertz CT molecular complexity index is 842. The second-order valence-electron chi connectivity index (χ2n) is 6.19. The molecule has 2 amide bonds. The molecule has 7 heteroatoms. The number of hydrogen-bond donors (Lipinski definition) is 0. The van der Waals surface area contributed by atoms with E-state index in [0.717, 1.165) is 6.42 Å². The lowest BCUT2D eigenvalue weighted by atomic mass is 10.1. The summed E-state index contributed by atoms with van der Waals surface area (Å²) in [5.41, 5.74) is 0.866. The highest BCUT2D eigenvalue weighted by Gasteiger charge is 2.26. The molecule has 1 aliphatic heterocycles. The maximum atomic E-state index is 13.6. The third kappa shape index (κ3) is 4.39. The van der Waals surface area contributed by atoms with E-state index in [1.807, 2.05) is 6.92 Å². The first-order valence-electron chi connectivity index (χ1n) is 8.77. The SMILES string of the molecule is CCOc1ccc(C(=O)N(CN2CCCC2=O)c2ccc(F)c(Cl)c2)cc1. The summed E-state index contributed by atoms with van der Waals surface area (Å²) in [6.45, 7) is 3.09. The van der Waals surface area contributed by atoms with Crippen molar-refractivity contribution in [1.82, 2.24) is 4.90 Å². The highest BCUT2D eigenvalue weighted by atomic mass is 35.5. The topological polar surface area (TPSA) is 49.9 Å². The molecule has 142 valence electrons. The zero-order valence-corrected chi connectivity index (χ0v) is 15.7. The van der Waals surface area contributed by atoms with Crippen LogP contribution >= 0.6 is 11.6 Å². The minimum atomic E-state index is -0.564. The lowest BCUT2D eigenvalue weighted by Crippen LogP contribution is -2.42. The third-order valence-corrected chi connectivity index (χ3v) is 4.65. The highest BCUT2D eigenvalue weighted by Crippen LogP contribution is 2.26. The Morgan fingerprint density at radius 3 is 2.59 bits per heavy atom. The minimum absolute atomic E-state index is 0.00676. The molecule has 0 N–H and O–H groups in total. The number of amides is 2. The molecule has 0 aromatic heterocycles. The van der Waals surface area contributed by atoms with Crippen LogP contribution in [0.4, 0.5) is 10.1 Å². The van der Waals surface area contributed by atoms with E-state index in [-0.39, 0.29) is 23.5 Å². The first kappa shape index (κ1) is 19.2. The molecule has 3 rings (SSSR count). The molecule has 27 heavy (non-hydrogen) atoms. The van der Waals surface area contributed by atoms with Crippen LogP contribution in [0.3, 0.4) is 0 Å². The van der Waals surface area contributed by atoms with Gasteiger partial charge in [-0.15, -0.1) is 0 Å². The van der Waals surface area contributed by atoms with Gasteiger partial charge in [-0.2, -0.15) is 0 Å². The van der Waals surface area contributed by atoms with Gasteiger partial charge in [0.2, 0.25) is 5.91 Å². The smallest absolute Gasteiger partial charge is 0.259 e. The van der Waals surface area contributed by atoms with E-state index in [9.17, 15) is 14.0 Å². The van der Waals surface area contributed by atoms with Gasteiger partial charge in [0, 0.05) is 24.2 Å². The van der Waals surface area contributed by atoms with Gasteiger partial charge < -0.3 is 9.64 Å². The van der Waals surface area contributed by atoms with Crippen molar-refractivity contribution in [3.63, 3.8) is 0 Å². The Hall–Kier alpha value is -2.60. The maximum absolute atomic E-state index is 13.6. The Balaban J connectivity index is 1.91. The molecule has 5 nitrogen and oxygen atoms in total. The van der Waals surface area contributed by atoms with Crippen LogP contribution in [0.2, 0.25) is 5.02 Å². The van der Waals surface area contributed by atoms with Crippen molar-refractivity contribution in [1.29, 1.82) is 0 Å². The predicted octanol–water partition coefficient (Wildman–Crippen LogP) is 4.10. The van der Waals surface area contributed by atoms with Gasteiger partial charge in [-0.1, -0.05) is 11.6 Å². The summed E-state index contributed by atoms with van der Waals surface area (Å²) in [6, 6.07) is 10.8. The van der Waals surface area contributed by atoms with Crippen molar-refractivity contribution >= 4 is 29.1 Å². The van der Waals surface area contributed by atoms with Gasteiger partial charge in [-0.25, -0.2) is 4.39 Å². The van der Waals surface area contributed by atoms with Gasteiger partial charge in [-0.3, -0.25) is 14.5 Å². The average Bonchev–Trinajstić information content (AvgIpc) is 3.07. The zero-order chi connectivity index (χ0) is 19.4. The first-order chi connectivity index (χ1) is 13.0. The Morgan fingerprint density at radius 2 is 2.00 bits per heavy atom. The molecule has 2 aromatic carbocycles. The predicted molar refractivity (Wildman–Crippen MR) is 102 cm³/mol. The molecule has 1 fully saturated rings. The van der Waals surface area contributed by atoms with E-state index in [1.165, 1.54) is 23.1 Å². The molecule has 1 saturated heterocycles. The highest BCUT2D eigenvalue weighted by molar-refractivity contribution is 6.31. The number of nitrogens with zero attached hydrogens (tertiary/aromatic N) is 2. The van der Waals surface area contributed by atoms with Gasteiger partial charge >= 0.3 is 0 Å². The normalized spacial score (nSPS) is 13.7. The maximum Gasteiger partial charge on any atom is 0.259 e. The van der Waals surface area contributed by atoms with Gasteiger partial charge in [0.25, 0.3) is 5.91 Å². The zero-order valence-electron chi connectivity index (χ0n) is 15.0. The van der Waals surface area contributed by atoms with Crippen molar-refractivity contribution in [3.05, 3.63) is 58.9 Å². The van der Waals surface area contributed by atoms with Crippen molar-refractivity contribution in [2.45, 2.75) is 19.8 Å². The van der Waals surface area contributed by atoms with Crippen LogP contribution in [0, 0.1) is 5.82 Å². The number of carbonyl (C=O) groups is 2. The fraction of sp³-hybridized carbons (Fsp3) is 0.300. The van der Waals surface area contributed by atoms with Crippen LogP contribution in [-0.4, -0.2) is 36.5 Å². The second-order valence-corrected chi connectivity index (χ2v) is 6.60. The van der Waals surface area contributed by atoms with Gasteiger partial charge in [0.1, 0.15) is 18.2 Å². The van der Waals surface area contributed by atoms with Crippen LogP contribution in [0.1, 0.15) is 30.1 Å². The third-order valence-electron chi connectivity index (χ3n) is 4.36. The lowest BCUT2D eigenvalue weighted by Gasteiger charge is -2.28. The van der Waals surface area contributed by atoms with Crippen LogP contribution < -0.4 is 9.64 Å². The summed E-state index contributed by atoms with van der Waals surface area (Å²) in [5, 5.41) is -0.0789. The van der Waals surface area contributed by atoms with E-state index in [2.05, 4.69) is 0 Å². The van der Waals surface area contributed by atoms with E-state index in [1.54, 1.807) is 29.2 Å². The van der Waals surface area contributed by atoms with E-state index in [0.29, 0.717) is 36.6 Å². The number of anilines is 1. The monoisotopic (exact) mass is 390 g/mol. The number of hydrogen-bond acceptors (Lipinski definition) is 3. The molecule has 0 aliphatic carbocycles. The molecule has 0 unspecified atom stereocenters. The summed E-state index contributed by atoms with van der Waals surface area (Å²) in [7, 11) is 0. The molecule has 0 bridgehead atoms. The number of halogens is 2. The number of benzene rings is 2. The Kier molecular flexibility index (Phi) is 5.96. The first-order valence-corrected chi connectivity index (χ1v) is 9.15. The summed E-state index contributed by atoms with van der Waals surface area (Å²) < 4.78 is 19.0. The quantitative estimate of drug-likeness (QED) is 0.746. The lowest BCUT2D eigenvalue weighted by molar-refractivity contribution is -0.127. The Morgan fingerprint density at radius 1 is 1.26 bits per heavy atom. The van der Waals surface area contributed by atoms with Crippen molar-refractivity contribution in [2.75, 3.05) is 24.7 Å². The molecule has 0 spiro atoms. The summed E-state index contributed by atoms with van der Waals surface area (Å²) in [6.07, 6.45) is 1.23. The van der Waals surface area contributed by atoms with Gasteiger partial charge in [-0.05, 0) is 55.8 Å². The molecule has 0 atom stereocenters. The Labute approximate surface area is 162 Å². The van der Waals surface area contributed by atoms with Crippen molar-refractivity contribution in [2.24, 2.45) is 0 Å². The van der Waals surface area contributed by atoms with E-state index in [4.69, 9.17) is 16.3 Å². The molecule has 0 radical (unpaired) electrons. The molecule has 1 heterocycles. The van der Waals surface area contributed by atoms with Gasteiger partial charge in [0.05, 0.1) is 11.6 Å². The van der Waals surface area contributed by atoms with E-state index < -0.39 is 5.82 Å². The van der Waals surface area contributed by atoms with Gasteiger partial charge in [0.15, 0.2) is 0 Å². The molecule has 2 aromatic rings. The summed E-state index contributed by atoms with van der Waals surface area (Å²) >= 11 is 5.90. The second kappa shape index (κ2) is 8.39. The van der Waals surface area contributed by atoms with Crippen molar-refractivity contribution < 1.29 is 18.7 Å². The fourth-order valence-corrected chi connectivity index (χ4v) is 3.13. The number of carbonyl (C=O) groups excluding carboxylic acids is 2. The molecular weight excluding hydrogens is 371 g/mol. The molecular formula is C20H20ClFN2O3. The molecule has 1 aliphatic rings. The largest absolute Gasteiger partial charge is 0.494 e. The number of rotatable bonds is 6. The minimum Gasteiger partial charge on any atom is -0.494 e. The number of likely N-dealkylation sites (tertiary alicyclic amines) is 1. The van der Waals surface area contributed by atoms with E-state index >= 15 is 0 Å². The van der Waals surface area contributed by atoms with Crippen molar-refractivity contribution in [3.8, 4) is 5.75 Å². The van der Waals surface area contributed by atoms with Crippen LogP contribution in [-0.2, 0) is 4.79 Å². The van der Waals surface area contributed by atoms with Crippen LogP contribution in [0.15, 0.2) is 42.5 Å².